The molecule has 0 aliphatic carbocycles. The molecular weight excluding hydrogens is 292 g/mol. The first-order valence-corrected chi connectivity index (χ1v) is 7.06. The Labute approximate surface area is 131 Å². The molecule has 5 nitrogen and oxygen atoms in total. The molecule has 2 N–H and O–H groups in total. The summed E-state index contributed by atoms with van der Waals surface area (Å²) in [6.45, 7) is 7.58. The lowest BCUT2D eigenvalue weighted by molar-refractivity contribution is -0.122. The molecule has 0 heterocycles. The van der Waals surface area contributed by atoms with Crippen LogP contribution in [0.2, 0.25) is 5.02 Å². The van der Waals surface area contributed by atoms with Gasteiger partial charge in [0.2, 0.25) is 5.91 Å². The molecule has 0 spiro atoms. The molecule has 21 heavy (non-hydrogen) atoms. The summed E-state index contributed by atoms with van der Waals surface area (Å²) in [7, 11) is 3.08. The number of rotatable bonds is 5. The number of methoxy groups -OCH3 is 2. The van der Waals surface area contributed by atoms with Crippen molar-refractivity contribution in [1.82, 2.24) is 5.32 Å². The average molecular weight is 315 g/mol. The van der Waals surface area contributed by atoms with Gasteiger partial charge in [0.15, 0.2) is 0 Å². The van der Waals surface area contributed by atoms with E-state index in [-0.39, 0.29) is 11.4 Å². The summed E-state index contributed by atoms with van der Waals surface area (Å²) in [5.74, 6) is 0.970. The maximum Gasteiger partial charge on any atom is 0.242 e. The minimum atomic E-state index is -0.427. The Morgan fingerprint density at radius 2 is 1.76 bits per heavy atom. The summed E-state index contributed by atoms with van der Waals surface area (Å²) in [6, 6.07) is 2.93. The Morgan fingerprint density at radius 3 is 2.24 bits per heavy atom. The Kier molecular flexibility index (Phi) is 5.72. The molecule has 1 aromatic rings. The zero-order chi connectivity index (χ0) is 16.2. The van der Waals surface area contributed by atoms with Gasteiger partial charge in [-0.3, -0.25) is 4.79 Å². The van der Waals surface area contributed by atoms with E-state index in [0.717, 1.165) is 0 Å². The van der Waals surface area contributed by atoms with Crippen LogP contribution in [0.25, 0.3) is 0 Å². The van der Waals surface area contributed by atoms with Crippen LogP contribution < -0.4 is 20.1 Å². The highest BCUT2D eigenvalue weighted by molar-refractivity contribution is 6.32. The topological polar surface area (TPSA) is 59.6 Å². The second-order valence-corrected chi connectivity index (χ2v) is 6.20. The number of ether oxygens (including phenoxy) is 2. The fraction of sp³-hybridized carbons (Fsp3) is 0.533. The van der Waals surface area contributed by atoms with E-state index in [1.54, 1.807) is 26.2 Å². The van der Waals surface area contributed by atoms with Crippen molar-refractivity contribution in [2.45, 2.75) is 39.3 Å². The molecule has 0 saturated carbocycles. The zero-order valence-electron chi connectivity index (χ0n) is 13.3. The predicted molar refractivity (Wildman–Crippen MR) is 85.5 cm³/mol. The van der Waals surface area contributed by atoms with Crippen molar-refractivity contribution in [2.75, 3.05) is 19.5 Å². The van der Waals surface area contributed by atoms with Crippen molar-refractivity contribution in [2.24, 2.45) is 0 Å². The van der Waals surface area contributed by atoms with E-state index in [1.807, 2.05) is 20.8 Å². The third kappa shape index (κ3) is 5.01. The second-order valence-electron chi connectivity index (χ2n) is 5.79. The minimum Gasteiger partial charge on any atom is -0.495 e. The fourth-order valence-corrected chi connectivity index (χ4v) is 1.98. The van der Waals surface area contributed by atoms with Gasteiger partial charge in [-0.1, -0.05) is 11.6 Å². The molecule has 1 rings (SSSR count). The van der Waals surface area contributed by atoms with E-state index in [1.165, 1.54) is 7.11 Å². The largest absolute Gasteiger partial charge is 0.495 e. The van der Waals surface area contributed by atoms with Gasteiger partial charge in [0, 0.05) is 17.7 Å². The van der Waals surface area contributed by atoms with Gasteiger partial charge in [0.05, 0.1) is 24.9 Å². The zero-order valence-corrected chi connectivity index (χ0v) is 14.1. The van der Waals surface area contributed by atoms with Gasteiger partial charge >= 0.3 is 0 Å². The molecule has 6 heteroatoms. The standard InChI is InChI=1S/C15H23ClN2O3/c1-9(14(19)18-15(2,3)4)17-11-8-12(20-5)10(16)7-13(11)21-6/h7-9,17H,1-6H3,(H,18,19). The molecule has 0 fully saturated rings. The average Bonchev–Trinajstić information content (AvgIpc) is 2.38. The number of benzene rings is 1. The van der Waals surface area contributed by atoms with Crippen LogP contribution in [0.4, 0.5) is 5.69 Å². The Balaban J connectivity index is 2.93. The van der Waals surface area contributed by atoms with E-state index in [0.29, 0.717) is 22.2 Å². The number of carbonyl (C=O) groups is 1. The third-order valence-electron chi connectivity index (χ3n) is 2.74. The van der Waals surface area contributed by atoms with Crippen LogP contribution in [0.1, 0.15) is 27.7 Å². The van der Waals surface area contributed by atoms with Crippen molar-refractivity contribution in [3.8, 4) is 11.5 Å². The number of anilines is 1. The quantitative estimate of drug-likeness (QED) is 0.877. The molecule has 118 valence electrons. The molecule has 0 saturated heterocycles. The first-order chi connectivity index (χ1) is 9.67. The highest BCUT2D eigenvalue weighted by atomic mass is 35.5. The molecule has 0 aliphatic rings. The normalized spacial score (nSPS) is 12.5. The van der Waals surface area contributed by atoms with Gasteiger partial charge < -0.3 is 20.1 Å². The second kappa shape index (κ2) is 6.89. The molecule has 0 radical (unpaired) electrons. The fourth-order valence-electron chi connectivity index (χ4n) is 1.75. The Hall–Kier alpha value is -1.62. The number of hydrogen-bond acceptors (Lipinski definition) is 4. The number of halogens is 1. The first-order valence-electron chi connectivity index (χ1n) is 6.68. The summed E-state index contributed by atoms with van der Waals surface area (Å²) in [5.41, 5.74) is 0.365. The van der Waals surface area contributed by atoms with Gasteiger partial charge in [0.1, 0.15) is 17.5 Å². The lowest BCUT2D eigenvalue weighted by Crippen LogP contribution is -2.47. The third-order valence-corrected chi connectivity index (χ3v) is 3.03. The molecule has 1 unspecified atom stereocenters. The van der Waals surface area contributed by atoms with Crippen molar-refractivity contribution >= 4 is 23.2 Å². The van der Waals surface area contributed by atoms with Gasteiger partial charge in [-0.25, -0.2) is 0 Å². The number of carbonyl (C=O) groups excluding carboxylic acids is 1. The molecule has 0 bridgehead atoms. The molecular formula is C15H23ClN2O3. The van der Waals surface area contributed by atoms with Crippen LogP contribution in [0.15, 0.2) is 12.1 Å². The van der Waals surface area contributed by atoms with E-state index in [2.05, 4.69) is 10.6 Å². The maximum absolute atomic E-state index is 12.1. The molecule has 1 aromatic carbocycles. The number of hydrogen-bond donors (Lipinski definition) is 2. The van der Waals surface area contributed by atoms with Crippen LogP contribution in [0.3, 0.4) is 0 Å². The van der Waals surface area contributed by atoms with Crippen LogP contribution in [-0.2, 0) is 4.79 Å². The molecule has 0 aliphatic heterocycles. The van der Waals surface area contributed by atoms with Crippen molar-refractivity contribution in [1.29, 1.82) is 0 Å². The van der Waals surface area contributed by atoms with E-state index in [9.17, 15) is 4.79 Å². The number of amides is 1. The highest BCUT2D eigenvalue weighted by Crippen LogP contribution is 2.36. The molecule has 0 aromatic heterocycles. The summed E-state index contributed by atoms with van der Waals surface area (Å²) in [6.07, 6.45) is 0. The lowest BCUT2D eigenvalue weighted by atomic mass is 10.1. The highest BCUT2D eigenvalue weighted by Gasteiger charge is 2.20. The number of nitrogens with one attached hydrogen (secondary N) is 2. The van der Waals surface area contributed by atoms with E-state index < -0.39 is 6.04 Å². The maximum atomic E-state index is 12.1. The van der Waals surface area contributed by atoms with Gasteiger partial charge in [-0.15, -0.1) is 0 Å². The van der Waals surface area contributed by atoms with Crippen molar-refractivity contribution in [3.63, 3.8) is 0 Å². The first kappa shape index (κ1) is 17.4. The monoisotopic (exact) mass is 314 g/mol. The predicted octanol–water partition coefficient (Wildman–Crippen LogP) is 3.07. The van der Waals surface area contributed by atoms with Crippen LogP contribution in [0, 0.1) is 0 Å². The minimum absolute atomic E-state index is 0.0986. The van der Waals surface area contributed by atoms with Crippen LogP contribution in [-0.4, -0.2) is 31.7 Å². The summed E-state index contributed by atoms with van der Waals surface area (Å²) in [4.78, 5) is 12.1. The Morgan fingerprint density at radius 1 is 1.19 bits per heavy atom. The van der Waals surface area contributed by atoms with Crippen LogP contribution in [0.5, 0.6) is 11.5 Å². The van der Waals surface area contributed by atoms with Crippen LogP contribution >= 0.6 is 11.6 Å². The van der Waals surface area contributed by atoms with Gasteiger partial charge in [-0.05, 0) is 27.7 Å². The smallest absolute Gasteiger partial charge is 0.242 e. The lowest BCUT2D eigenvalue weighted by Gasteiger charge is -2.24. The van der Waals surface area contributed by atoms with E-state index in [4.69, 9.17) is 21.1 Å². The SMILES string of the molecule is COc1cc(NC(C)C(=O)NC(C)(C)C)c(OC)cc1Cl. The molecule has 1 atom stereocenters. The van der Waals surface area contributed by atoms with Crippen molar-refractivity contribution in [3.05, 3.63) is 17.2 Å². The van der Waals surface area contributed by atoms with Gasteiger partial charge in [-0.2, -0.15) is 0 Å². The van der Waals surface area contributed by atoms with Gasteiger partial charge in [0.25, 0.3) is 0 Å². The summed E-state index contributed by atoms with van der Waals surface area (Å²) < 4.78 is 10.5. The van der Waals surface area contributed by atoms with E-state index >= 15 is 0 Å². The Bertz CT molecular complexity index is 512. The van der Waals surface area contributed by atoms with Crippen molar-refractivity contribution < 1.29 is 14.3 Å². The summed E-state index contributed by atoms with van der Waals surface area (Å²) in [5, 5.41) is 6.48. The molecule has 1 amide bonds. The summed E-state index contributed by atoms with van der Waals surface area (Å²) >= 11 is 6.05.